The standard InChI is InChI=1S/C19H22FN3O.C6H14.C2H6/c1-14-5-7-16(8-6-14)13-22-10-11-23(15(2)12-22)19(24)17-4-3-9-21-18(17)20;1-4-5-6(2)3;1-2/h3-9,15H,10-13H2,1-2H3;6H,4-5H2,1-3H3;1-2H3/t15-;;/m0../s1. The molecule has 5 heteroatoms. The van der Waals surface area contributed by atoms with E-state index in [1.165, 1.54) is 36.2 Å². The molecule has 178 valence electrons. The van der Waals surface area contributed by atoms with E-state index < -0.39 is 5.95 Å². The lowest BCUT2D eigenvalue weighted by atomic mass is 10.1. The summed E-state index contributed by atoms with van der Waals surface area (Å²) in [5.41, 5.74) is 2.57. The molecule has 0 bridgehead atoms. The summed E-state index contributed by atoms with van der Waals surface area (Å²) < 4.78 is 13.7. The number of amides is 1. The molecule has 1 atom stereocenters. The number of carbonyl (C=O) groups is 1. The van der Waals surface area contributed by atoms with Gasteiger partial charge in [0.15, 0.2) is 0 Å². The van der Waals surface area contributed by atoms with Crippen LogP contribution < -0.4 is 0 Å². The minimum atomic E-state index is -0.697. The smallest absolute Gasteiger partial charge is 0.258 e. The van der Waals surface area contributed by atoms with Gasteiger partial charge in [0, 0.05) is 38.4 Å². The Kier molecular flexibility index (Phi) is 12.8. The van der Waals surface area contributed by atoms with Crippen molar-refractivity contribution in [2.24, 2.45) is 5.92 Å². The Hall–Kier alpha value is -2.27. The van der Waals surface area contributed by atoms with E-state index in [2.05, 4.69) is 61.8 Å². The third-order valence-electron chi connectivity index (χ3n) is 5.35. The highest BCUT2D eigenvalue weighted by molar-refractivity contribution is 5.94. The predicted octanol–water partition coefficient (Wildman–Crippen LogP) is 6.34. The van der Waals surface area contributed by atoms with Crippen molar-refractivity contribution in [1.29, 1.82) is 0 Å². The van der Waals surface area contributed by atoms with Gasteiger partial charge in [-0.15, -0.1) is 0 Å². The van der Waals surface area contributed by atoms with Gasteiger partial charge in [-0.25, -0.2) is 4.98 Å². The van der Waals surface area contributed by atoms with Crippen molar-refractivity contribution in [2.75, 3.05) is 19.6 Å². The molecule has 1 aromatic carbocycles. The van der Waals surface area contributed by atoms with E-state index in [1.807, 2.05) is 20.8 Å². The third kappa shape index (κ3) is 9.07. The molecule has 2 heterocycles. The van der Waals surface area contributed by atoms with Gasteiger partial charge in [-0.2, -0.15) is 4.39 Å². The molecular formula is C27H42FN3O. The van der Waals surface area contributed by atoms with Crippen molar-refractivity contribution in [3.05, 3.63) is 65.2 Å². The Morgan fingerprint density at radius 1 is 1.16 bits per heavy atom. The SMILES string of the molecule is CC.CCCC(C)C.Cc1ccc(CN2CCN(C(=O)c3cccnc3F)[C@@H](C)C2)cc1. The lowest BCUT2D eigenvalue weighted by Gasteiger charge is -2.40. The van der Waals surface area contributed by atoms with Crippen LogP contribution in [0.3, 0.4) is 0 Å². The predicted molar refractivity (Wildman–Crippen MR) is 132 cm³/mol. The number of aromatic nitrogens is 1. The maximum atomic E-state index is 13.7. The van der Waals surface area contributed by atoms with Crippen LogP contribution in [0.1, 0.15) is 75.9 Å². The fourth-order valence-corrected chi connectivity index (χ4v) is 3.71. The lowest BCUT2D eigenvalue weighted by Crippen LogP contribution is -2.53. The summed E-state index contributed by atoms with van der Waals surface area (Å²) in [5.74, 6) is -0.0742. The Morgan fingerprint density at radius 3 is 2.31 bits per heavy atom. The number of benzene rings is 1. The first kappa shape index (κ1) is 27.8. The van der Waals surface area contributed by atoms with Crippen molar-refractivity contribution in [1.82, 2.24) is 14.8 Å². The van der Waals surface area contributed by atoms with E-state index in [0.29, 0.717) is 6.54 Å². The number of nitrogens with zero attached hydrogens (tertiary/aromatic N) is 3. The van der Waals surface area contributed by atoms with Gasteiger partial charge < -0.3 is 4.90 Å². The van der Waals surface area contributed by atoms with Crippen LogP contribution in [-0.2, 0) is 6.54 Å². The summed E-state index contributed by atoms with van der Waals surface area (Å²) in [7, 11) is 0. The van der Waals surface area contributed by atoms with Crippen LogP contribution >= 0.6 is 0 Å². The molecule has 0 radical (unpaired) electrons. The molecule has 0 spiro atoms. The maximum absolute atomic E-state index is 13.7. The Balaban J connectivity index is 0.000000556. The van der Waals surface area contributed by atoms with Crippen LogP contribution in [0, 0.1) is 18.8 Å². The van der Waals surface area contributed by atoms with Crippen molar-refractivity contribution >= 4 is 5.91 Å². The van der Waals surface area contributed by atoms with Crippen molar-refractivity contribution in [3.8, 4) is 0 Å². The van der Waals surface area contributed by atoms with E-state index in [-0.39, 0.29) is 17.5 Å². The highest BCUT2D eigenvalue weighted by Gasteiger charge is 2.29. The van der Waals surface area contributed by atoms with Crippen LogP contribution in [0.15, 0.2) is 42.6 Å². The average Bonchev–Trinajstić information content (AvgIpc) is 2.77. The minimum Gasteiger partial charge on any atom is -0.333 e. The molecule has 3 rings (SSSR count). The number of halogens is 1. The van der Waals surface area contributed by atoms with Crippen LogP contribution in [0.25, 0.3) is 0 Å². The largest absolute Gasteiger partial charge is 0.333 e. The molecule has 2 aromatic rings. The van der Waals surface area contributed by atoms with Gasteiger partial charge in [0.05, 0.1) is 5.56 Å². The van der Waals surface area contributed by atoms with Crippen LogP contribution in [0.4, 0.5) is 4.39 Å². The van der Waals surface area contributed by atoms with E-state index in [1.54, 1.807) is 11.0 Å². The first-order valence-electron chi connectivity index (χ1n) is 12.0. The van der Waals surface area contributed by atoms with Crippen LogP contribution in [0.5, 0.6) is 0 Å². The first-order valence-corrected chi connectivity index (χ1v) is 12.0. The van der Waals surface area contributed by atoms with Gasteiger partial charge in [-0.1, -0.05) is 77.3 Å². The van der Waals surface area contributed by atoms with Crippen molar-refractivity contribution in [2.45, 2.75) is 73.9 Å². The molecule has 1 amide bonds. The Labute approximate surface area is 194 Å². The molecule has 0 saturated carbocycles. The second-order valence-corrected chi connectivity index (χ2v) is 8.59. The monoisotopic (exact) mass is 443 g/mol. The topological polar surface area (TPSA) is 36.4 Å². The molecule has 4 nitrogen and oxygen atoms in total. The highest BCUT2D eigenvalue weighted by Crippen LogP contribution is 2.17. The maximum Gasteiger partial charge on any atom is 0.258 e. The second-order valence-electron chi connectivity index (χ2n) is 8.59. The molecule has 0 unspecified atom stereocenters. The number of hydrogen-bond acceptors (Lipinski definition) is 3. The van der Waals surface area contributed by atoms with Gasteiger partial charge in [0.1, 0.15) is 0 Å². The summed E-state index contributed by atoms with van der Waals surface area (Å²) in [5, 5.41) is 0. The third-order valence-corrected chi connectivity index (χ3v) is 5.35. The molecule has 1 fully saturated rings. The van der Waals surface area contributed by atoms with Gasteiger partial charge in [-0.05, 0) is 37.5 Å². The quantitative estimate of drug-likeness (QED) is 0.506. The summed E-state index contributed by atoms with van der Waals surface area (Å²) >= 11 is 0. The lowest BCUT2D eigenvalue weighted by molar-refractivity contribution is 0.0470. The Bertz CT molecular complexity index is 792. The molecule has 0 N–H and O–H groups in total. The fraction of sp³-hybridized carbons (Fsp3) is 0.556. The Morgan fingerprint density at radius 2 is 1.81 bits per heavy atom. The van der Waals surface area contributed by atoms with E-state index in [4.69, 9.17) is 0 Å². The molecule has 1 aliphatic heterocycles. The number of hydrogen-bond donors (Lipinski definition) is 0. The van der Waals surface area contributed by atoms with E-state index in [0.717, 1.165) is 25.6 Å². The van der Waals surface area contributed by atoms with Gasteiger partial charge in [-0.3, -0.25) is 9.69 Å². The zero-order valence-corrected chi connectivity index (χ0v) is 21.1. The van der Waals surface area contributed by atoms with Crippen molar-refractivity contribution < 1.29 is 9.18 Å². The highest BCUT2D eigenvalue weighted by atomic mass is 19.1. The van der Waals surface area contributed by atoms with Gasteiger partial charge >= 0.3 is 0 Å². The normalized spacial score (nSPS) is 16.0. The van der Waals surface area contributed by atoms with Crippen LogP contribution in [0.2, 0.25) is 0 Å². The summed E-state index contributed by atoms with van der Waals surface area (Å²) in [6, 6.07) is 11.6. The molecule has 1 saturated heterocycles. The number of pyridine rings is 1. The first-order chi connectivity index (χ1) is 15.3. The minimum absolute atomic E-state index is 0.0382. The van der Waals surface area contributed by atoms with Gasteiger partial charge in [0.2, 0.25) is 5.95 Å². The molecule has 0 aliphatic carbocycles. The number of carbonyl (C=O) groups excluding carboxylic acids is 1. The van der Waals surface area contributed by atoms with Crippen LogP contribution in [-0.4, -0.2) is 46.4 Å². The van der Waals surface area contributed by atoms with E-state index in [9.17, 15) is 9.18 Å². The molecule has 1 aliphatic rings. The number of rotatable bonds is 5. The molecule has 32 heavy (non-hydrogen) atoms. The van der Waals surface area contributed by atoms with Gasteiger partial charge in [0.25, 0.3) is 5.91 Å². The number of piperazine rings is 1. The fourth-order valence-electron chi connectivity index (χ4n) is 3.71. The summed E-state index contributed by atoms with van der Waals surface area (Å²) in [6.45, 7) is 17.8. The van der Waals surface area contributed by atoms with E-state index >= 15 is 0 Å². The summed E-state index contributed by atoms with van der Waals surface area (Å²) in [6.07, 6.45) is 4.06. The zero-order valence-electron chi connectivity index (χ0n) is 21.1. The molecule has 1 aromatic heterocycles. The summed E-state index contributed by atoms with van der Waals surface area (Å²) in [4.78, 5) is 20.2. The number of aryl methyl sites for hydroxylation is 1. The average molecular weight is 444 g/mol. The molecular weight excluding hydrogens is 401 g/mol. The zero-order chi connectivity index (χ0) is 24.1. The van der Waals surface area contributed by atoms with Crippen molar-refractivity contribution in [3.63, 3.8) is 0 Å². The second kappa shape index (κ2) is 14.7.